The highest BCUT2D eigenvalue weighted by molar-refractivity contribution is 7.94. The maximum absolute atomic E-state index is 12.2. The summed E-state index contributed by atoms with van der Waals surface area (Å²) in [6, 6.07) is 0. The Morgan fingerprint density at radius 3 is 2.44 bits per heavy atom. The van der Waals surface area contributed by atoms with E-state index < -0.39 is 26.0 Å². The minimum atomic E-state index is -3.50. The van der Waals surface area contributed by atoms with Crippen LogP contribution >= 0.6 is 0 Å². The smallest absolute Gasteiger partial charge is 0.325 e. The average Bonchev–Trinajstić information content (AvgIpc) is 2.52. The lowest BCUT2D eigenvalue weighted by molar-refractivity contribution is -0.143. The summed E-state index contributed by atoms with van der Waals surface area (Å²) in [7, 11) is -3.50. The van der Waals surface area contributed by atoms with Crippen molar-refractivity contribution >= 4 is 15.8 Å². The summed E-state index contributed by atoms with van der Waals surface area (Å²) >= 11 is 0. The van der Waals surface area contributed by atoms with Gasteiger partial charge in [-0.1, -0.05) is 13.8 Å². The molecule has 3 rings (SSSR count). The molecular weight excluding hydrogens is 228 g/mol. The van der Waals surface area contributed by atoms with Crippen LogP contribution in [0.5, 0.6) is 0 Å². The number of carboxylic acid groups (broad SMARTS) is 1. The van der Waals surface area contributed by atoms with Crippen LogP contribution in [0.4, 0.5) is 0 Å². The monoisotopic (exact) mass is 244 g/mol. The molecule has 1 saturated heterocycles. The van der Waals surface area contributed by atoms with E-state index in [-0.39, 0.29) is 17.1 Å². The molecule has 0 radical (unpaired) electrons. The molecule has 1 heterocycles. The molecule has 1 N–H and O–H groups in total. The van der Waals surface area contributed by atoms with E-state index in [1.54, 1.807) is 0 Å². The number of aliphatic carboxylic acids is 1. The molecule has 5 heteroatoms. The third-order valence-corrected chi connectivity index (χ3v) is 8.78. The molecule has 4 bridgehead atoms. The summed E-state index contributed by atoms with van der Waals surface area (Å²) in [6.07, 6.45) is 2.05. The van der Waals surface area contributed by atoms with Crippen molar-refractivity contribution in [1.82, 2.24) is 0 Å². The second kappa shape index (κ2) is 2.33. The van der Waals surface area contributed by atoms with Gasteiger partial charge in [0, 0.05) is 5.41 Å². The molecule has 3 aliphatic rings. The van der Waals surface area contributed by atoms with E-state index >= 15 is 0 Å². The Bertz CT molecular complexity index is 496. The number of hydrogen-bond acceptors (Lipinski definition) is 3. The number of hydrogen-bond donors (Lipinski definition) is 1. The molecule has 90 valence electrons. The van der Waals surface area contributed by atoms with Gasteiger partial charge in [0.15, 0.2) is 14.6 Å². The van der Waals surface area contributed by atoms with Gasteiger partial charge >= 0.3 is 5.97 Å². The molecule has 1 aliphatic heterocycles. The van der Waals surface area contributed by atoms with Crippen molar-refractivity contribution in [3.05, 3.63) is 0 Å². The third kappa shape index (κ3) is 0.674. The molecule has 4 atom stereocenters. The normalized spacial score (nSPS) is 56.8. The van der Waals surface area contributed by atoms with E-state index in [0.29, 0.717) is 6.42 Å². The van der Waals surface area contributed by atoms with Crippen molar-refractivity contribution in [2.75, 3.05) is 5.75 Å². The summed E-state index contributed by atoms with van der Waals surface area (Å²) in [5.41, 5.74) is -0.875. The van der Waals surface area contributed by atoms with Gasteiger partial charge in [0.05, 0.1) is 5.75 Å². The standard InChI is InChI=1S/C11H16O4S/c1-9-6-16(14,15)11(8(12)13)5-7(9)3-4-10(9,11)2/h7H,3-6H2,1-2H3,(H,12,13)/t7-,9-,10+,11-/m1/s1. The predicted octanol–water partition coefficient (Wildman–Crippen LogP) is 1.06. The molecule has 0 aromatic heterocycles. The second-order valence-corrected chi connectivity index (χ2v) is 8.30. The van der Waals surface area contributed by atoms with Crippen molar-refractivity contribution in [1.29, 1.82) is 0 Å². The zero-order valence-corrected chi connectivity index (χ0v) is 10.3. The predicted molar refractivity (Wildman–Crippen MR) is 57.7 cm³/mol. The van der Waals surface area contributed by atoms with Crippen LogP contribution in [0.15, 0.2) is 0 Å². The first-order chi connectivity index (χ1) is 7.21. The van der Waals surface area contributed by atoms with E-state index in [9.17, 15) is 18.3 Å². The van der Waals surface area contributed by atoms with Gasteiger partial charge in [-0.05, 0) is 30.6 Å². The molecule has 0 amide bonds. The van der Waals surface area contributed by atoms with Crippen molar-refractivity contribution in [2.24, 2.45) is 16.7 Å². The number of sulfone groups is 1. The van der Waals surface area contributed by atoms with E-state index in [1.807, 2.05) is 13.8 Å². The van der Waals surface area contributed by atoms with E-state index in [0.717, 1.165) is 12.8 Å². The molecule has 0 aromatic rings. The lowest BCUT2D eigenvalue weighted by Gasteiger charge is -2.37. The molecule has 2 saturated carbocycles. The average molecular weight is 244 g/mol. The number of carbonyl (C=O) groups is 1. The van der Waals surface area contributed by atoms with Crippen LogP contribution in [0.2, 0.25) is 0 Å². The largest absolute Gasteiger partial charge is 0.480 e. The Morgan fingerprint density at radius 1 is 1.38 bits per heavy atom. The first-order valence-corrected chi connectivity index (χ1v) is 7.32. The van der Waals surface area contributed by atoms with Crippen LogP contribution in [0.3, 0.4) is 0 Å². The van der Waals surface area contributed by atoms with Crippen LogP contribution in [0, 0.1) is 16.7 Å². The zero-order valence-electron chi connectivity index (χ0n) is 9.49. The molecule has 0 spiro atoms. The van der Waals surface area contributed by atoms with Crippen molar-refractivity contribution in [3.8, 4) is 0 Å². The number of rotatable bonds is 1. The van der Waals surface area contributed by atoms with Gasteiger partial charge in [-0.3, -0.25) is 4.79 Å². The van der Waals surface area contributed by atoms with Gasteiger partial charge in [0.25, 0.3) is 0 Å². The highest BCUT2D eigenvalue weighted by atomic mass is 32.2. The van der Waals surface area contributed by atoms with Crippen molar-refractivity contribution in [2.45, 2.75) is 37.9 Å². The lowest BCUT2D eigenvalue weighted by atomic mass is 9.66. The molecular formula is C11H16O4S. The number of carboxylic acids is 1. The van der Waals surface area contributed by atoms with Crippen molar-refractivity contribution in [3.63, 3.8) is 0 Å². The molecule has 16 heavy (non-hydrogen) atoms. The van der Waals surface area contributed by atoms with E-state index in [2.05, 4.69) is 0 Å². The Kier molecular flexibility index (Phi) is 1.54. The molecule has 4 nitrogen and oxygen atoms in total. The van der Waals surface area contributed by atoms with Gasteiger partial charge in [-0.25, -0.2) is 8.42 Å². The van der Waals surface area contributed by atoms with Gasteiger partial charge < -0.3 is 5.11 Å². The van der Waals surface area contributed by atoms with Crippen molar-refractivity contribution < 1.29 is 18.3 Å². The van der Waals surface area contributed by atoms with Crippen LogP contribution in [0.25, 0.3) is 0 Å². The Morgan fingerprint density at radius 2 is 2.00 bits per heavy atom. The first-order valence-electron chi connectivity index (χ1n) is 5.67. The van der Waals surface area contributed by atoms with Crippen LogP contribution in [0.1, 0.15) is 33.1 Å². The molecule has 0 unspecified atom stereocenters. The minimum Gasteiger partial charge on any atom is -0.480 e. The van der Waals surface area contributed by atoms with Gasteiger partial charge in [-0.15, -0.1) is 0 Å². The topological polar surface area (TPSA) is 71.4 Å². The summed E-state index contributed by atoms with van der Waals surface area (Å²) in [5, 5.41) is 9.45. The quantitative estimate of drug-likeness (QED) is 0.748. The maximum atomic E-state index is 12.2. The summed E-state index contributed by atoms with van der Waals surface area (Å²) < 4.78 is 22.9. The molecule has 2 aliphatic carbocycles. The Balaban J connectivity index is 2.35. The van der Waals surface area contributed by atoms with Crippen LogP contribution < -0.4 is 0 Å². The zero-order chi connectivity index (χ0) is 12.0. The van der Waals surface area contributed by atoms with Gasteiger partial charge in [0.1, 0.15) is 0 Å². The van der Waals surface area contributed by atoms with E-state index in [1.165, 1.54) is 0 Å². The molecule has 3 fully saturated rings. The Labute approximate surface area is 95.0 Å². The molecule has 0 aromatic carbocycles. The summed E-state index contributed by atoms with van der Waals surface area (Å²) in [6.45, 7) is 3.85. The Hall–Kier alpha value is -0.580. The SMILES string of the molecule is C[C@@]12CC[C@@H]3C[C@]1(C(=O)O)S(=O)(=O)C[C@]32C. The first kappa shape index (κ1) is 10.6. The maximum Gasteiger partial charge on any atom is 0.325 e. The van der Waals surface area contributed by atoms with Crippen LogP contribution in [-0.4, -0.2) is 30.0 Å². The minimum absolute atomic E-state index is 0.0630. The fraction of sp³-hybridized carbons (Fsp3) is 0.909. The van der Waals surface area contributed by atoms with Gasteiger partial charge in [0.2, 0.25) is 0 Å². The summed E-state index contributed by atoms with van der Waals surface area (Å²) in [4.78, 5) is 11.6. The fourth-order valence-corrected chi connectivity index (χ4v) is 8.13. The highest BCUT2D eigenvalue weighted by Gasteiger charge is 2.84. The highest BCUT2D eigenvalue weighted by Crippen LogP contribution is 2.76. The fourth-order valence-electron chi connectivity index (χ4n) is 4.80. The van der Waals surface area contributed by atoms with E-state index in [4.69, 9.17) is 0 Å². The van der Waals surface area contributed by atoms with Crippen LogP contribution in [-0.2, 0) is 14.6 Å². The van der Waals surface area contributed by atoms with Gasteiger partial charge in [-0.2, -0.15) is 0 Å². The summed E-state index contributed by atoms with van der Waals surface area (Å²) in [5.74, 6) is -0.786. The second-order valence-electron chi connectivity index (χ2n) is 6.08. The third-order valence-electron chi connectivity index (χ3n) is 5.95. The lowest BCUT2D eigenvalue weighted by Crippen LogP contribution is -2.53.